The van der Waals surface area contributed by atoms with E-state index in [4.69, 9.17) is 0 Å². The van der Waals surface area contributed by atoms with E-state index >= 15 is 0 Å². The molecule has 0 saturated heterocycles. The Bertz CT molecular complexity index is 505. The first kappa shape index (κ1) is 9.58. The van der Waals surface area contributed by atoms with Crippen molar-refractivity contribution in [2.24, 2.45) is 0 Å². The van der Waals surface area contributed by atoms with Crippen LogP contribution in [0.25, 0.3) is 11.4 Å². The normalized spacial score (nSPS) is 10.2. The average Bonchev–Trinajstić information content (AvgIpc) is 2.30. The third-order valence-electron chi connectivity index (χ3n) is 2.21. The van der Waals surface area contributed by atoms with Crippen LogP contribution in [0.4, 0.5) is 0 Å². The molecule has 0 saturated carbocycles. The molecule has 2 heterocycles. The lowest BCUT2D eigenvalue weighted by Gasteiger charge is -2.00. The van der Waals surface area contributed by atoms with Gasteiger partial charge < -0.3 is 4.98 Å². The van der Waals surface area contributed by atoms with Crippen LogP contribution < -0.4 is 5.56 Å². The molecular weight excluding hydrogens is 190 g/mol. The molecule has 0 spiro atoms. The summed E-state index contributed by atoms with van der Waals surface area (Å²) in [5.41, 5.74) is 1.50. The summed E-state index contributed by atoms with van der Waals surface area (Å²) in [6.45, 7) is 1.93. The molecule has 0 aliphatic carbocycles. The van der Waals surface area contributed by atoms with Crippen LogP contribution in [0.2, 0.25) is 0 Å². The van der Waals surface area contributed by atoms with E-state index in [1.54, 1.807) is 18.6 Å². The van der Waals surface area contributed by atoms with Gasteiger partial charge in [0.2, 0.25) is 0 Å². The molecule has 0 amide bonds. The summed E-state index contributed by atoms with van der Waals surface area (Å²) in [5, 5.41) is 0. The molecule has 4 nitrogen and oxygen atoms in total. The smallest absolute Gasteiger partial charge is 0.254 e. The second kappa shape index (κ2) is 4.04. The van der Waals surface area contributed by atoms with Crippen LogP contribution in [0.1, 0.15) is 12.5 Å². The van der Waals surface area contributed by atoms with Crippen molar-refractivity contribution in [2.45, 2.75) is 13.3 Å². The molecule has 2 rings (SSSR count). The van der Waals surface area contributed by atoms with Crippen molar-refractivity contribution in [1.29, 1.82) is 0 Å². The first-order chi connectivity index (χ1) is 7.31. The summed E-state index contributed by atoms with van der Waals surface area (Å²) < 4.78 is 0. The molecule has 4 heteroatoms. The number of hydrogen-bond acceptors (Lipinski definition) is 3. The van der Waals surface area contributed by atoms with Gasteiger partial charge in [-0.3, -0.25) is 9.78 Å². The van der Waals surface area contributed by atoms with Crippen molar-refractivity contribution in [2.75, 3.05) is 0 Å². The van der Waals surface area contributed by atoms with Gasteiger partial charge in [-0.05, 0) is 18.6 Å². The fourth-order valence-electron chi connectivity index (χ4n) is 1.33. The Morgan fingerprint density at radius 3 is 2.67 bits per heavy atom. The molecule has 0 aliphatic rings. The summed E-state index contributed by atoms with van der Waals surface area (Å²) in [5.74, 6) is 0.583. The number of aromatic amines is 1. The molecule has 0 aromatic carbocycles. The molecule has 0 unspecified atom stereocenters. The van der Waals surface area contributed by atoms with Gasteiger partial charge in [-0.1, -0.05) is 6.92 Å². The average molecular weight is 201 g/mol. The standard InChI is InChI=1S/C11H11N3O/c1-2-8-7-13-10(14-11(8)15)9-3-5-12-6-4-9/h3-7H,2H2,1H3,(H,13,14,15). The van der Waals surface area contributed by atoms with Crippen LogP contribution in [-0.4, -0.2) is 15.0 Å². The first-order valence-corrected chi connectivity index (χ1v) is 4.80. The highest BCUT2D eigenvalue weighted by atomic mass is 16.1. The van der Waals surface area contributed by atoms with Gasteiger partial charge in [0.05, 0.1) is 0 Å². The number of hydrogen-bond donors (Lipinski definition) is 1. The predicted octanol–water partition coefficient (Wildman–Crippen LogP) is 1.39. The van der Waals surface area contributed by atoms with E-state index in [0.29, 0.717) is 17.8 Å². The number of pyridine rings is 1. The summed E-state index contributed by atoms with van der Waals surface area (Å²) >= 11 is 0. The monoisotopic (exact) mass is 201 g/mol. The van der Waals surface area contributed by atoms with Gasteiger partial charge in [-0.2, -0.15) is 0 Å². The van der Waals surface area contributed by atoms with Gasteiger partial charge in [-0.15, -0.1) is 0 Å². The zero-order valence-electron chi connectivity index (χ0n) is 8.40. The highest BCUT2D eigenvalue weighted by molar-refractivity contribution is 5.53. The highest BCUT2D eigenvalue weighted by Gasteiger charge is 2.02. The topological polar surface area (TPSA) is 58.6 Å². The molecule has 0 bridgehead atoms. The molecule has 2 aromatic heterocycles. The predicted molar refractivity (Wildman–Crippen MR) is 57.5 cm³/mol. The number of aromatic nitrogens is 3. The number of nitrogens with one attached hydrogen (secondary N) is 1. The lowest BCUT2D eigenvalue weighted by atomic mass is 10.2. The largest absolute Gasteiger partial charge is 0.306 e. The van der Waals surface area contributed by atoms with Crippen LogP contribution in [-0.2, 0) is 6.42 Å². The molecule has 1 N–H and O–H groups in total. The maximum absolute atomic E-state index is 11.5. The quantitative estimate of drug-likeness (QED) is 0.798. The minimum atomic E-state index is -0.0701. The highest BCUT2D eigenvalue weighted by Crippen LogP contribution is 2.10. The van der Waals surface area contributed by atoms with Crippen molar-refractivity contribution < 1.29 is 0 Å². The molecule has 15 heavy (non-hydrogen) atoms. The van der Waals surface area contributed by atoms with Crippen LogP contribution >= 0.6 is 0 Å². The minimum Gasteiger partial charge on any atom is -0.306 e. The minimum absolute atomic E-state index is 0.0701. The van der Waals surface area contributed by atoms with Crippen LogP contribution in [0.5, 0.6) is 0 Å². The van der Waals surface area contributed by atoms with Gasteiger partial charge in [-0.25, -0.2) is 4.98 Å². The van der Waals surface area contributed by atoms with Crippen molar-refractivity contribution in [1.82, 2.24) is 15.0 Å². The van der Waals surface area contributed by atoms with Crippen LogP contribution in [0.15, 0.2) is 35.5 Å². The number of aryl methyl sites for hydroxylation is 1. The zero-order valence-corrected chi connectivity index (χ0v) is 8.40. The van der Waals surface area contributed by atoms with Crippen molar-refractivity contribution in [3.8, 4) is 11.4 Å². The molecule has 0 aliphatic heterocycles. The van der Waals surface area contributed by atoms with Crippen LogP contribution in [0, 0.1) is 0 Å². The Hall–Kier alpha value is -1.97. The lowest BCUT2D eigenvalue weighted by Crippen LogP contribution is -2.13. The second-order valence-electron chi connectivity index (χ2n) is 3.18. The summed E-state index contributed by atoms with van der Waals surface area (Å²) in [4.78, 5) is 22.4. The van der Waals surface area contributed by atoms with E-state index in [0.717, 1.165) is 5.56 Å². The van der Waals surface area contributed by atoms with Crippen molar-refractivity contribution >= 4 is 0 Å². The van der Waals surface area contributed by atoms with E-state index < -0.39 is 0 Å². The van der Waals surface area contributed by atoms with Crippen molar-refractivity contribution in [3.05, 3.63) is 46.6 Å². The van der Waals surface area contributed by atoms with Crippen LogP contribution in [0.3, 0.4) is 0 Å². The molecule has 0 fully saturated rings. The van der Waals surface area contributed by atoms with Gasteiger partial charge in [0, 0.05) is 29.7 Å². The van der Waals surface area contributed by atoms with E-state index in [2.05, 4.69) is 15.0 Å². The van der Waals surface area contributed by atoms with E-state index in [9.17, 15) is 4.79 Å². The fourth-order valence-corrected chi connectivity index (χ4v) is 1.33. The Labute approximate surface area is 87.0 Å². The molecule has 0 radical (unpaired) electrons. The SMILES string of the molecule is CCc1cnc(-c2ccncc2)[nH]c1=O. The number of H-pyrrole nitrogens is 1. The molecule has 76 valence electrons. The second-order valence-corrected chi connectivity index (χ2v) is 3.18. The van der Waals surface area contributed by atoms with E-state index in [1.165, 1.54) is 0 Å². The molecule has 2 aromatic rings. The number of rotatable bonds is 2. The summed E-state index contributed by atoms with van der Waals surface area (Å²) in [6.07, 6.45) is 5.65. The van der Waals surface area contributed by atoms with E-state index in [1.807, 2.05) is 19.1 Å². The third kappa shape index (κ3) is 1.93. The van der Waals surface area contributed by atoms with Gasteiger partial charge >= 0.3 is 0 Å². The van der Waals surface area contributed by atoms with Gasteiger partial charge in [0.15, 0.2) is 0 Å². The Morgan fingerprint density at radius 2 is 2.07 bits per heavy atom. The summed E-state index contributed by atoms with van der Waals surface area (Å²) in [6, 6.07) is 3.62. The third-order valence-corrected chi connectivity index (χ3v) is 2.21. The Kier molecular flexibility index (Phi) is 2.58. The Balaban J connectivity index is 2.48. The number of nitrogens with zero attached hydrogens (tertiary/aromatic N) is 2. The molecular formula is C11H11N3O. The fraction of sp³-hybridized carbons (Fsp3) is 0.182. The zero-order chi connectivity index (χ0) is 10.7. The van der Waals surface area contributed by atoms with Gasteiger partial charge in [0.25, 0.3) is 5.56 Å². The maximum atomic E-state index is 11.5. The maximum Gasteiger partial charge on any atom is 0.254 e. The lowest BCUT2D eigenvalue weighted by molar-refractivity contribution is 1.01. The molecule has 0 atom stereocenters. The Morgan fingerprint density at radius 1 is 1.33 bits per heavy atom. The first-order valence-electron chi connectivity index (χ1n) is 4.80. The summed E-state index contributed by atoms with van der Waals surface area (Å²) in [7, 11) is 0. The van der Waals surface area contributed by atoms with Gasteiger partial charge in [0.1, 0.15) is 5.82 Å². The van der Waals surface area contributed by atoms with E-state index in [-0.39, 0.29) is 5.56 Å². The van der Waals surface area contributed by atoms with Crippen molar-refractivity contribution in [3.63, 3.8) is 0 Å².